The third-order valence-electron chi connectivity index (χ3n) is 3.26. The fourth-order valence-corrected chi connectivity index (χ4v) is 1.59. The molecule has 16 heavy (non-hydrogen) atoms. The molecule has 94 valence electrons. The summed E-state index contributed by atoms with van der Waals surface area (Å²) in [5, 5.41) is 0. The molecule has 0 saturated heterocycles. The summed E-state index contributed by atoms with van der Waals surface area (Å²) in [5.41, 5.74) is 2.64. The van der Waals surface area contributed by atoms with E-state index in [1.165, 1.54) is 37.0 Å². The summed E-state index contributed by atoms with van der Waals surface area (Å²) < 4.78 is 0. The number of rotatable bonds is 9. The van der Waals surface area contributed by atoms with Crippen LogP contribution in [0.25, 0.3) is 0 Å². The van der Waals surface area contributed by atoms with Crippen LogP contribution in [0, 0.1) is 5.92 Å². The first kappa shape index (κ1) is 15.3. The molecule has 0 spiro atoms. The van der Waals surface area contributed by atoms with Gasteiger partial charge >= 0.3 is 0 Å². The average molecular weight is 223 g/mol. The molecule has 1 heteroatoms. The second-order valence-electron chi connectivity index (χ2n) is 4.96. The van der Waals surface area contributed by atoms with Crippen molar-refractivity contribution in [2.24, 2.45) is 5.92 Å². The van der Waals surface area contributed by atoms with E-state index < -0.39 is 0 Å². The largest absolute Gasteiger partial charge is 0.378 e. The van der Waals surface area contributed by atoms with Crippen molar-refractivity contribution < 1.29 is 0 Å². The zero-order valence-electron chi connectivity index (χ0n) is 11.7. The number of allylic oxidation sites excluding steroid dienone is 2. The highest BCUT2D eigenvalue weighted by Crippen LogP contribution is 2.15. The van der Waals surface area contributed by atoms with Gasteiger partial charge in [0.05, 0.1) is 0 Å². The van der Waals surface area contributed by atoms with Crippen LogP contribution in [0.1, 0.15) is 52.9 Å². The van der Waals surface area contributed by atoms with E-state index in [2.05, 4.69) is 45.9 Å². The topological polar surface area (TPSA) is 3.24 Å². The summed E-state index contributed by atoms with van der Waals surface area (Å²) in [6.07, 6.45) is 6.09. The van der Waals surface area contributed by atoms with Gasteiger partial charge in [0.15, 0.2) is 0 Å². The summed E-state index contributed by atoms with van der Waals surface area (Å²) in [7, 11) is 2.14. The van der Waals surface area contributed by atoms with Crippen molar-refractivity contribution in [3.05, 3.63) is 24.4 Å². The minimum atomic E-state index is 0.641. The van der Waals surface area contributed by atoms with Crippen LogP contribution < -0.4 is 0 Å². The van der Waals surface area contributed by atoms with Crippen molar-refractivity contribution >= 4 is 0 Å². The Morgan fingerprint density at radius 2 is 1.75 bits per heavy atom. The van der Waals surface area contributed by atoms with Gasteiger partial charge in [-0.1, -0.05) is 45.9 Å². The molecule has 0 rings (SSSR count). The van der Waals surface area contributed by atoms with Crippen LogP contribution in [0.3, 0.4) is 0 Å². The van der Waals surface area contributed by atoms with Crippen molar-refractivity contribution in [3.63, 3.8) is 0 Å². The molecular formula is C15H29N. The summed E-state index contributed by atoms with van der Waals surface area (Å²) >= 11 is 0. The van der Waals surface area contributed by atoms with E-state index in [1.54, 1.807) is 0 Å². The number of unbranched alkanes of at least 4 members (excludes halogenated alkanes) is 2. The molecule has 0 atom stereocenters. The van der Waals surface area contributed by atoms with E-state index in [-0.39, 0.29) is 0 Å². The SMILES string of the molecule is C=C(CCCCCN(C)C(=C)CC)C(C)C. The molecule has 0 radical (unpaired) electrons. The number of nitrogens with zero attached hydrogens (tertiary/aromatic N) is 1. The Kier molecular flexibility index (Phi) is 8.05. The molecule has 0 heterocycles. The van der Waals surface area contributed by atoms with Crippen LogP contribution in [0.4, 0.5) is 0 Å². The standard InChI is InChI=1S/C15H29N/c1-7-15(5)16(6)12-10-8-9-11-14(4)13(2)3/h13H,4-5,7-12H2,1-3,6H3. The van der Waals surface area contributed by atoms with Gasteiger partial charge < -0.3 is 4.90 Å². The summed E-state index contributed by atoms with van der Waals surface area (Å²) in [4.78, 5) is 2.28. The molecule has 0 saturated carbocycles. The Labute approximate surface area is 102 Å². The fraction of sp³-hybridized carbons (Fsp3) is 0.733. The van der Waals surface area contributed by atoms with Crippen LogP contribution in [0.5, 0.6) is 0 Å². The van der Waals surface area contributed by atoms with Crippen LogP contribution in [0.2, 0.25) is 0 Å². The van der Waals surface area contributed by atoms with Gasteiger partial charge in [-0.2, -0.15) is 0 Å². The molecule has 0 aliphatic rings. The molecule has 0 unspecified atom stereocenters. The maximum absolute atomic E-state index is 4.10. The molecule has 0 bridgehead atoms. The van der Waals surface area contributed by atoms with Gasteiger partial charge in [-0.05, 0) is 31.6 Å². The Bertz CT molecular complexity index is 215. The van der Waals surface area contributed by atoms with Crippen LogP contribution >= 0.6 is 0 Å². The Hall–Kier alpha value is -0.720. The molecule has 1 nitrogen and oxygen atoms in total. The lowest BCUT2D eigenvalue weighted by Crippen LogP contribution is -2.17. The molecule has 0 amide bonds. The fourth-order valence-electron chi connectivity index (χ4n) is 1.59. The van der Waals surface area contributed by atoms with Gasteiger partial charge in [0.1, 0.15) is 0 Å². The second-order valence-corrected chi connectivity index (χ2v) is 4.96. The van der Waals surface area contributed by atoms with Crippen molar-refractivity contribution in [1.29, 1.82) is 0 Å². The van der Waals surface area contributed by atoms with Gasteiger partial charge in [-0.3, -0.25) is 0 Å². The second kappa shape index (κ2) is 8.43. The smallest absolute Gasteiger partial charge is 0.0171 e. The highest BCUT2D eigenvalue weighted by atomic mass is 15.1. The number of hydrogen-bond acceptors (Lipinski definition) is 1. The highest BCUT2D eigenvalue weighted by Gasteiger charge is 2.01. The lowest BCUT2D eigenvalue weighted by atomic mass is 9.99. The van der Waals surface area contributed by atoms with E-state index in [0.717, 1.165) is 13.0 Å². The van der Waals surface area contributed by atoms with Crippen molar-refractivity contribution in [3.8, 4) is 0 Å². The van der Waals surface area contributed by atoms with Gasteiger partial charge in [0.2, 0.25) is 0 Å². The molecule has 0 aliphatic heterocycles. The van der Waals surface area contributed by atoms with Gasteiger partial charge in [0, 0.05) is 19.3 Å². The molecule has 0 N–H and O–H groups in total. The Morgan fingerprint density at radius 1 is 1.12 bits per heavy atom. The third-order valence-corrected chi connectivity index (χ3v) is 3.26. The van der Waals surface area contributed by atoms with E-state index >= 15 is 0 Å². The molecule has 0 aliphatic carbocycles. The molecule has 0 aromatic carbocycles. The zero-order chi connectivity index (χ0) is 12.6. The minimum Gasteiger partial charge on any atom is -0.378 e. The normalized spacial score (nSPS) is 10.6. The first-order chi connectivity index (χ1) is 7.49. The summed E-state index contributed by atoms with van der Waals surface area (Å²) in [6, 6.07) is 0. The lowest BCUT2D eigenvalue weighted by Gasteiger charge is -2.20. The minimum absolute atomic E-state index is 0.641. The number of hydrogen-bond donors (Lipinski definition) is 0. The Balaban J connectivity index is 3.47. The van der Waals surface area contributed by atoms with Crippen molar-refractivity contribution in [2.45, 2.75) is 52.9 Å². The molecule has 0 aromatic rings. The van der Waals surface area contributed by atoms with Crippen LogP contribution in [-0.2, 0) is 0 Å². The first-order valence-electron chi connectivity index (χ1n) is 6.55. The quantitative estimate of drug-likeness (QED) is 0.407. The third kappa shape index (κ3) is 6.71. The first-order valence-corrected chi connectivity index (χ1v) is 6.55. The predicted molar refractivity (Wildman–Crippen MR) is 74.5 cm³/mol. The van der Waals surface area contributed by atoms with Crippen molar-refractivity contribution in [2.75, 3.05) is 13.6 Å². The monoisotopic (exact) mass is 223 g/mol. The van der Waals surface area contributed by atoms with E-state index in [0.29, 0.717) is 5.92 Å². The summed E-state index contributed by atoms with van der Waals surface area (Å²) in [6.45, 7) is 15.9. The predicted octanol–water partition coefficient (Wildman–Crippen LogP) is 4.61. The maximum Gasteiger partial charge on any atom is 0.0171 e. The van der Waals surface area contributed by atoms with E-state index in [4.69, 9.17) is 0 Å². The van der Waals surface area contributed by atoms with Crippen LogP contribution in [-0.4, -0.2) is 18.5 Å². The maximum atomic E-state index is 4.10. The highest BCUT2D eigenvalue weighted by molar-refractivity contribution is 4.96. The van der Waals surface area contributed by atoms with Gasteiger partial charge in [-0.25, -0.2) is 0 Å². The van der Waals surface area contributed by atoms with E-state index in [1.807, 2.05) is 0 Å². The van der Waals surface area contributed by atoms with E-state index in [9.17, 15) is 0 Å². The molecular weight excluding hydrogens is 194 g/mol. The molecule has 0 fully saturated rings. The van der Waals surface area contributed by atoms with Crippen molar-refractivity contribution in [1.82, 2.24) is 4.90 Å². The lowest BCUT2D eigenvalue weighted by molar-refractivity contribution is 0.390. The molecule has 0 aromatic heterocycles. The van der Waals surface area contributed by atoms with Gasteiger partial charge in [0.25, 0.3) is 0 Å². The average Bonchev–Trinajstić information content (AvgIpc) is 2.26. The Morgan fingerprint density at radius 3 is 2.25 bits per heavy atom. The van der Waals surface area contributed by atoms with Crippen LogP contribution in [0.15, 0.2) is 24.4 Å². The zero-order valence-corrected chi connectivity index (χ0v) is 11.7. The summed E-state index contributed by atoms with van der Waals surface area (Å²) in [5.74, 6) is 0.641. The van der Waals surface area contributed by atoms with Gasteiger partial charge in [-0.15, -0.1) is 0 Å².